The minimum Gasteiger partial charge on any atom is -0.480 e. The summed E-state index contributed by atoms with van der Waals surface area (Å²) in [6.07, 6.45) is 0. The molecule has 0 amide bonds. The minimum absolute atomic E-state index is 0.0972. The van der Waals surface area contributed by atoms with Crippen LogP contribution in [0.4, 0.5) is 0 Å². The summed E-state index contributed by atoms with van der Waals surface area (Å²) in [5.41, 5.74) is 14.3. The fourth-order valence-corrected chi connectivity index (χ4v) is 0.833. The number of nitrogens with zero attached hydrogens (tertiary/aromatic N) is 1. The van der Waals surface area contributed by atoms with Crippen LogP contribution in [0.25, 0.3) is 0 Å². The zero-order chi connectivity index (χ0) is 21.5. The molecule has 0 fully saturated rings. The van der Waals surface area contributed by atoms with Gasteiger partial charge in [-0.2, -0.15) is 0 Å². The molecule has 0 saturated heterocycles. The first kappa shape index (κ1) is 31.9. The summed E-state index contributed by atoms with van der Waals surface area (Å²) in [5.74, 6) is -3.79. The third-order valence-electron chi connectivity index (χ3n) is 1.97. The van der Waals surface area contributed by atoms with E-state index < -0.39 is 37.0 Å². The van der Waals surface area contributed by atoms with Gasteiger partial charge in [0.1, 0.15) is 6.04 Å². The van der Waals surface area contributed by atoms with Gasteiger partial charge in [0.25, 0.3) is 0 Å². The van der Waals surface area contributed by atoms with Gasteiger partial charge in [0.2, 0.25) is 0 Å². The maximum Gasteiger partial charge on any atom is 0.320 e. The molecule has 13 nitrogen and oxygen atoms in total. The molecule has 0 aliphatic rings. The lowest BCUT2D eigenvalue weighted by Crippen LogP contribution is -2.44. The van der Waals surface area contributed by atoms with E-state index in [1.165, 1.54) is 6.92 Å². The lowest BCUT2D eigenvalue weighted by atomic mass is 10.3. The zero-order valence-electron chi connectivity index (χ0n) is 14.8. The van der Waals surface area contributed by atoms with Crippen molar-refractivity contribution in [3.8, 4) is 0 Å². The molecule has 0 aliphatic carbocycles. The molecule has 26 heavy (non-hydrogen) atoms. The Morgan fingerprint density at radius 1 is 0.769 bits per heavy atom. The molecular formula is C13H32N4O9. The molecule has 0 bridgehead atoms. The van der Waals surface area contributed by atoms with Gasteiger partial charge in [-0.05, 0) is 6.92 Å². The van der Waals surface area contributed by atoms with Crippen molar-refractivity contribution >= 4 is 17.9 Å². The van der Waals surface area contributed by atoms with Gasteiger partial charge in [-0.15, -0.1) is 0 Å². The molecule has 158 valence electrons. The van der Waals surface area contributed by atoms with Crippen molar-refractivity contribution in [3.63, 3.8) is 0 Å². The van der Waals surface area contributed by atoms with Crippen molar-refractivity contribution in [1.29, 1.82) is 0 Å². The standard InChI is InChI=1S/C7H11NO6.3C2H7NO/c1-4(7(13)14)8(2-5(9)10)3-6(11)12;3*3-1-2-4/h4H,2-3H2,1H3,(H,9,10)(H,11,12)(H,13,14);3*4H,1-3H2/t4-;;;/m0.../s1. The Balaban J connectivity index is -0.000000164. The first-order valence-corrected chi connectivity index (χ1v) is 7.42. The van der Waals surface area contributed by atoms with Gasteiger partial charge in [-0.3, -0.25) is 19.3 Å². The summed E-state index contributed by atoms with van der Waals surface area (Å²) >= 11 is 0. The van der Waals surface area contributed by atoms with Crippen LogP contribution in [0.5, 0.6) is 0 Å². The Kier molecular flexibility index (Phi) is 31.1. The molecule has 0 unspecified atom stereocenters. The quantitative estimate of drug-likeness (QED) is 0.181. The van der Waals surface area contributed by atoms with Crippen LogP contribution in [0, 0.1) is 0 Å². The average molecular weight is 388 g/mol. The van der Waals surface area contributed by atoms with E-state index in [0.29, 0.717) is 19.6 Å². The molecule has 0 aromatic heterocycles. The molecule has 0 radical (unpaired) electrons. The fraction of sp³-hybridized carbons (Fsp3) is 0.769. The van der Waals surface area contributed by atoms with Gasteiger partial charge in [0.05, 0.1) is 32.9 Å². The van der Waals surface area contributed by atoms with Crippen LogP contribution in [0.3, 0.4) is 0 Å². The van der Waals surface area contributed by atoms with Crippen molar-refractivity contribution in [2.24, 2.45) is 17.2 Å². The maximum atomic E-state index is 10.5. The number of hydrogen-bond acceptors (Lipinski definition) is 10. The highest BCUT2D eigenvalue weighted by molar-refractivity contribution is 5.77. The third-order valence-corrected chi connectivity index (χ3v) is 1.97. The lowest BCUT2D eigenvalue weighted by Gasteiger charge is -2.21. The van der Waals surface area contributed by atoms with Crippen molar-refractivity contribution < 1.29 is 45.0 Å². The number of aliphatic hydroxyl groups excluding tert-OH is 3. The predicted octanol–water partition coefficient (Wildman–Crippen LogP) is -4.26. The SMILES string of the molecule is C[C@@H](C(=O)O)N(CC(=O)O)CC(=O)O.NCCO.NCCO.NCCO. The number of rotatable bonds is 9. The summed E-state index contributed by atoms with van der Waals surface area (Å²) in [6.45, 7) is 1.42. The highest BCUT2D eigenvalue weighted by Gasteiger charge is 2.24. The number of aliphatic carboxylic acids is 3. The molecule has 12 N–H and O–H groups in total. The van der Waals surface area contributed by atoms with Crippen molar-refractivity contribution in [3.05, 3.63) is 0 Å². The number of hydrogen-bond donors (Lipinski definition) is 9. The topological polar surface area (TPSA) is 254 Å². The van der Waals surface area contributed by atoms with Gasteiger partial charge in [-0.25, -0.2) is 0 Å². The van der Waals surface area contributed by atoms with Crippen LogP contribution >= 0.6 is 0 Å². The number of carboxylic acids is 3. The summed E-state index contributed by atoms with van der Waals surface area (Å²) in [7, 11) is 0. The highest BCUT2D eigenvalue weighted by atomic mass is 16.4. The first-order valence-electron chi connectivity index (χ1n) is 7.42. The maximum absolute atomic E-state index is 10.5. The molecule has 0 heterocycles. The van der Waals surface area contributed by atoms with Gasteiger partial charge in [0, 0.05) is 19.6 Å². The van der Waals surface area contributed by atoms with Gasteiger partial charge in [0.15, 0.2) is 0 Å². The normalized spacial score (nSPS) is 10.2. The molecule has 0 rings (SSSR count). The van der Waals surface area contributed by atoms with Crippen LogP contribution in [0.2, 0.25) is 0 Å². The van der Waals surface area contributed by atoms with E-state index in [0.717, 1.165) is 4.90 Å². The second kappa shape index (κ2) is 25.4. The number of carbonyl (C=O) groups is 3. The van der Waals surface area contributed by atoms with Crippen LogP contribution in [-0.4, -0.2) is 112 Å². The van der Waals surface area contributed by atoms with E-state index in [1.54, 1.807) is 0 Å². The Morgan fingerprint density at radius 3 is 1.12 bits per heavy atom. The van der Waals surface area contributed by atoms with E-state index >= 15 is 0 Å². The third kappa shape index (κ3) is 33.7. The first-order chi connectivity index (χ1) is 12.1. The van der Waals surface area contributed by atoms with Crippen molar-refractivity contribution in [2.75, 3.05) is 52.5 Å². The number of nitrogens with two attached hydrogens (primary N) is 3. The smallest absolute Gasteiger partial charge is 0.320 e. The van der Waals surface area contributed by atoms with Crippen LogP contribution in [0.15, 0.2) is 0 Å². The molecule has 13 heteroatoms. The molecule has 0 aromatic carbocycles. The molecule has 1 atom stereocenters. The second-order valence-electron chi connectivity index (χ2n) is 4.24. The van der Waals surface area contributed by atoms with Crippen LogP contribution in [0.1, 0.15) is 6.92 Å². The van der Waals surface area contributed by atoms with E-state index in [-0.39, 0.29) is 19.8 Å². The molecule has 0 saturated carbocycles. The molecular weight excluding hydrogens is 356 g/mol. The predicted molar refractivity (Wildman–Crippen MR) is 92.4 cm³/mol. The van der Waals surface area contributed by atoms with Gasteiger partial charge < -0.3 is 47.8 Å². The van der Waals surface area contributed by atoms with E-state index in [1.807, 2.05) is 0 Å². The monoisotopic (exact) mass is 388 g/mol. The van der Waals surface area contributed by atoms with Crippen molar-refractivity contribution in [1.82, 2.24) is 4.90 Å². The summed E-state index contributed by atoms with van der Waals surface area (Å²) < 4.78 is 0. The summed E-state index contributed by atoms with van der Waals surface area (Å²) in [4.78, 5) is 31.9. The van der Waals surface area contributed by atoms with Crippen molar-refractivity contribution in [2.45, 2.75) is 13.0 Å². The van der Waals surface area contributed by atoms with Gasteiger partial charge in [-0.1, -0.05) is 0 Å². The molecule has 0 aromatic rings. The van der Waals surface area contributed by atoms with Crippen LogP contribution < -0.4 is 17.2 Å². The largest absolute Gasteiger partial charge is 0.480 e. The van der Waals surface area contributed by atoms with E-state index in [9.17, 15) is 14.4 Å². The Morgan fingerprint density at radius 2 is 1.00 bits per heavy atom. The average Bonchev–Trinajstić information content (AvgIpc) is 2.60. The van der Waals surface area contributed by atoms with E-state index in [2.05, 4.69) is 0 Å². The number of aliphatic hydroxyl groups is 3. The number of carboxylic acid groups (broad SMARTS) is 3. The Labute approximate surface area is 151 Å². The minimum atomic E-state index is -1.26. The highest BCUT2D eigenvalue weighted by Crippen LogP contribution is 1.98. The van der Waals surface area contributed by atoms with E-state index in [4.69, 9.17) is 47.8 Å². The van der Waals surface area contributed by atoms with Gasteiger partial charge >= 0.3 is 17.9 Å². The zero-order valence-corrected chi connectivity index (χ0v) is 14.8. The fourth-order valence-electron chi connectivity index (χ4n) is 0.833. The summed E-state index contributed by atoms with van der Waals surface area (Å²) in [6, 6.07) is -1.14. The second-order valence-corrected chi connectivity index (χ2v) is 4.24. The Hall–Kier alpha value is -1.87. The Bertz CT molecular complexity index is 314. The molecule has 0 aliphatic heterocycles. The molecule has 0 spiro atoms. The van der Waals surface area contributed by atoms with Crippen LogP contribution in [-0.2, 0) is 14.4 Å². The lowest BCUT2D eigenvalue weighted by molar-refractivity contribution is -0.148. The summed E-state index contributed by atoms with van der Waals surface area (Å²) in [5, 5.41) is 48.6.